The fraction of sp³-hybridized carbons (Fsp3) is 0.667. The maximum Gasteiger partial charge on any atom is 0.290 e. The average molecular weight is 291 g/mol. The molecule has 0 aliphatic carbocycles. The first-order valence-electron chi connectivity index (χ1n) is 7.76. The number of aryl methyl sites for hydroxylation is 1. The summed E-state index contributed by atoms with van der Waals surface area (Å²) in [5.74, 6) is 1.01. The molecule has 2 aliphatic heterocycles. The van der Waals surface area contributed by atoms with Crippen LogP contribution in [-0.2, 0) is 0 Å². The zero-order valence-electron chi connectivity index (χ0n) is 12.7. The van der Waals surface area contributed by atoms with Gasteiger partial charge in [0, 0.05) is 44.5 Å². The van der Waals surface area contributed by atoms with E-state index in [0.29, 0.717) is 17.8 Å². The summed E-state index contributed by atoms with van der Waals surface area (Å²) in [6.45, 7) is 7.21. The third-order valence-corrected chi connectivity index (χ3v) is 5.29. The van der Waals surface area contributed by atoms with Gasteiger partial charge in [-0.1, -0.05) is 0 Å². The minimum atomic E-state index is -0.346. The Morgan fingerprint density at radius 2 is 2.24 bits per heavy atom. The fourth-order valence-corrected chi connectivity index (χ4v) is 4.17. The largest absolute Gasteiger partial charge is 0.311 e. The first kappa shape index (κ1) is 14.4. The van der Waals surface area contributed by atoms with E-state index in [9.17, 15) is 10.1 Å². The van der Waals surface area contributed by atoms with Crippen LogP contribution in [0.5, 0.6) is 0 Å². The summed E-state index contributed by atoms with van der Waals surface area (Å²) < 4.78 is 0.895. The lowest BCUT2D eigenvalue weighted by Crippen LogP contribution is -2.60. The Hall–Kier alpha value is -1.53. The molecule has 6 nitrogen and oxygen atoms in total. The molecule has 0 radical (unpaired) electrons. The van der Waals surface area contributed by atoms with Crippen molar-refractivity contribution in [2.75, 3.05) is 19.6 Å². The van der Waals surface area contributed by atoms with E-state index < -0.39 is 0 Å². The topological polar surface area (TPSA) is 68.1 Å². The molecule has 1 N–H and O–H groups in total. The zero-order valence-corrected chi connectivity index (χ0v) is 12.7. The Balaban J connectivity index is 2.05. The molecule has 3 atom stereocenters. The third kappa shape index (κ3) is 2.22. The molecular weight excluding hydrogens is 268 g/mol. The van der Waals surface area contributed by atoms with Gasteiger partial charge in [0.25, 0.3) is 5.69 Å². The summed E-state index contributed by atoms with van der Waals surface area (Å²) in [6.07, 6.45) is 3.56. The van der Waals surface area contributed by atoms with Crippen molar-refractivity contribution < 1.29 is 4.92 Å². The number of nitro groups is 1. The summed E-state index contributed by atoms with van der Waals surface area (Å²) in [4.78, 5) is 15.3. The molecule has 0 saturated carbocycles. The van der Waals surface area contributed by atoms with Crippen LogP contribution in [0.15, 0.2) is 12.1 Å². The van der Waals surface area contributed by atoms with Crippen molar-refractivity contribution in [3.8, 4) is 0 Å². The van der Waals surface area contributed by atoms with Gasteiger partial charge in [-0.25, -0.2) is 0 Å². The van der Waals surface area contributed by atoms with Crippen LogP contribution in [0.3, 0.4) is 0 Å². The number of aromatic nitrogens is 1. The number of rotatable bonds is 3. The molecular formula is C15H23N4O2+. The Bertz CT molecular complexity index is 557. The van der Waals surface area contributed by atoms with E-state index >= 15 is 0 Å². The molecule has 1 unspecified atom stereocenters. The highest BCUT2D eigenvalue weighted by molar-refractivity contribution is 5.46. The van der Waals surface area contributed by atoms with E-state index in [1.807, 2.05) is 6.07 Å². The number of pyridine rings is 1. The number of quaternary nitrogens is 1. The van der Waals surface area contributed by atoms with Crippen LogP contribution >= 0.6 is 0 Å². The van der Waals surface area contributed by atoms with E-state index in [-0.39, 0.29) is 10.6 Å². The molecule has 6 heteroatoms. The first-order valence-corrected chi connectivity index (χ1v) is 7.76. The third-order valence-electron chi connectivity index (χ3n) is 5.29. The highest BCUT2D eigenvalue weighted by atomic mass is 16.6. The van der Waals surface area contributed by atoms with Crippen LogP contribution < -0.4 is 9.80 Å². The van der Waals surface area contributed by atoms with Crippen molar-refractivity contribution >= 4 is 11.5 Å². The van der Waals surface area contributed by atoms with E-state index in [4.69, 9.17) is 0 Å². The van der Waals surface area contributed by atoms with Crippen LogP contribution in [0.25, 0.3) is 0 Å². The second kappa shape index (κ2) is 5.35. The Morgan fingerprint density at radius 1 is 1.43 bits per heavy atom. The minimum Gasteiger partial charge on any atom is -0.311 e. The van der Waals surface area contributed by atoms with Crippen LogP contribution in [0.2, 0.25) is 0 Å². The molecule has 0 bridgehead atoms. The molecule has 0 spiro atoms. The normalized spacial score (nSPS) is 32.5. The van der Waals surface area contributed by atoms with Gasteiger partial charge in [-0.15, -0.1) is 0 Å². The predicted octanol–water partition coefficient (Wildman–Crippen LogP) is 2.15. The maximum atomic E-state index is 11.0. The van der Waals surface area contributed by atoms with Gasteiger partial charge in [0.05, 0.1) is 17.5 Å². The molecule has 21 heavy (non-hydrogen) atoms. The van der Waals surface area contributed by atoms with Gasteiger partial charge in [0.15, 0.2) is 0 Å². The lowest BCUT2D eigenvalue weighted by atomic mass is 10.1. The van der Waals surface area contributed by atoms with E-state index in [2.05, 4.69) is 17.2 Å². The van der Waals surface area contributed by atoms with E-state index in [1.54, 1.807) is 13.0 Å². The van der Waals surface area contributed by atoms with Gasteiger partial charge in [0.2, 0.25) is 5.82 Å². The first-order chi connectivity index (χ1) is 10.1. The van der Waals surface area contributed by atoms with Gasteiger partial charge in [-0.3, -0.25) is 14.6 Å². The maximum absolute atomic E-state index is 11.0. The molecule has 1 aromatic rings. The molecule has 0 aromatic carbocycles. The van der Waals surface area contributed by atoms with Gasteiger partial charge in [-0.2, -0.15) is 4.98 Å². The van der Waals surface area contributed by atoms with Crippen molar-refractivity contribution in [3.05, 3.63) is 27.9 Å². The highest BCUT2D eigenvalue weighted by Crippen LogP contribution is 2.38. The second-order valence-corrected chi connectivity index (χ2v) is 6.32. The average Bonchev–Trinajstić information content (AvgIpc) is 3.07. The van der Waals surface area contributed by atoms with Gasteiger partial charge in [0.1, 0.15) is 11.7 Å². The molecule has 2 fully saturated rings. The van der Waals surface area contributed by atoms with E-state index in [1.165, 1.54) is 12.8 Å². The Morgan fingerprint density at radius 3 is 2.76 bits per heavy atom. The van der Waals surface area contributed by atoms with Crippen LogP contribution in [0.1, 0.15) is 31.9 Å². The summed E-state index contributed by atoms with van der Waals surface area (Å²) in [5.41, 5.74) is 0.647. The molecule has 3 heterocycles. The predicted molar refractivity (Wildman–Crippen MR) is 82.3 cm³/mol. The summed E-state index contributed by atoms with van der Waals surface area (Å²) in [6, 6.07) is 4.58. The van der Waals surface area contributed by atoms with Crippen molar-refractivity contribution in [3.63, 3.8) is 0 Å². The van der Waals surface area contributed by atoms with Crippen molar-refractivity contribution in [2.24, 2.45) is 0 Å². The molecule has 2 aliphatic rings. The quantitative estimate of drug-likeness (QED) is 0.526. The van der Waals surface area contributed by atoms with Crippen molar-refractivity contribution in [1.82, 2.24) is 14.8 Å². The summed E-state index contributed by atoms with van der Waals surface area (Å²) in [5, 5.41) is 14.5. The molecule has 0 amide bonds. The Labute approximate surface area is 124 Å². The van der Waals surface area contributed by atoms with Crippen LogP contribution in [-0.4, -0.2) is 41.6 Å². The van der Waals surface area contributed by atoms with Crippen molar-refractivity contribution in [1.29, 1.82) is 0 Å². The molecule has 114 valence electrons. The summed E-state index contributed by atoms with van der Waals surface area (Å²) >= 11 is 0. The standard InChI is InChI=1S/C15H23N4O2/c1-11-4-3-9-19(11,13-7-8-16-10-13)15-6-5-14(18(20)21)12(2)17-15/h5-6,11,13,16H,3-4,7-10H2,1-2H3/q+1/t11-,13-,19?/m0/s1. The minimum absolute atomic E-state index is 0.119. The number of likely N-dealkylation sites (tertiary alicyclic amines) is 1. The zero-order chi connectivity index (χ0) is 15.0. The molecule has 1 aromatic heterocycles. The highest BCUT2D eigenvalue weighted by Gasteiger charge is 2.49. The number of hydrogen-bond donors (Lipinski definition) is 1. The van der Waals surface area contributed by atoms with Crippen LogP contribution in [0, 0.1) is 17.0 Å². The lowest BCUT2D eigenvalue weighted by Gasteiger charge is -2.42. The lowest BCUT2D eigenvalue weighted by molar-refractivity contribution is -0.385. The second-order valence-electron chi connectivity index (χ2n) is 6.32. The fourth-order valence-electron chi connectivity index (χ4n) is 4.17. The van der Waals surface area contributed by atoms with Crippen molar-refractivity contribution in [2.45, 2.75) is 45.2 Å². The summed E-state index contributed by atoms with van der Waals surface area (Å²) in [7, 11) is 0. The van der Waals surface area contributed by atoms with Crippen LogP contribution in [0.4, 0.5) is 11.5 Å². The van der Waals surface area contributed by atoms with Gasteiger partial charge < -0.3 is 5.32 Å². The molecule has 3 rings (SSSR count). The number of hydrogen-bond acceptors (Lipinski definition) is 4. The van der Waals surface area contributed by atoms with Gasteiger partial charge >= 0.3 is 0 Å². The number of nitrogens with one attached hydrogen (secondary N) is 1. The molecule has 2 saturated heterocycles. The smallest absolute Gasteiger partial charge is 0.290 e. The Kier molecular flexibility index (Phi) is 3.67. The van der Waals surface area contributed by atoms with Gasteiger partial charge in [-0.05, 0) is 13.8 Å². The SMILES string of the molecule is Cc1nc([N+]2([C@H]3CCNC3)CCC[C@@H]2C)ccc1[N+](=O)[O-]. The monoisotopic (exact) mass is 291 g/mol. The van der Waals surface area contributed by atoms with E-state index in [0.717, 1.165) is 36.4 Å². The number of nitrogens with zero attached hydrogens (tertiary/aromatic N) is 3.